The van der Waals surface area contributed by atoms with E-state index >= 15 is 0 Å². The van der Waals surface area contributed by atoms with Gasteiger partial charge in [0, 0.05) is 15.6 Å². The molecule has 0 bridgehead atoms. The van der Waals surface area contributed by atoms with E-state index in [0.29, 0.717) is 0 Å². The highest BCUT2D eigenvalue weighted by atomic mass is 35.5. The summed E-state index contributed by atoms with van der Waals surface area (Å²) in [7, 11) is 0. The summed E-state index contributed by atoms with van der Waals surface area (Å²) in [6.07, 6.45) is 0.731. The van der Waals surface area contributed by atoms with E-state index in [0.717, 1.165) is 27.6 Å². The van der Waals surface area contributed by atoms with Gasteiger partial charge in [0.05, 0.1) is 0 Å². The summed E-state index contributed by atoms with van der Waals surface area (Å²) in [5, 5.41) is 1.46. The molecular weight excluding hydrogens is 265 g/mol. The molecule has 2 N–H and O–H groups in total. The van der Waals surface area contributed by atoms with E-state index in [2.05, 4.69) is 0 Å². The van der Waals surface area contributed by atoms with E-state index in [4.69, 9.17) is 28.9 Å². The van der Waals surface area contributed by atoms with Crippen molar-refractivity contribution in [3.05, 3.63) is 69.7 Å². The number of hydrogen-bond donors (Lipinski definition) is 1. The molecule has 1 nitrogen and oxygen atoms in total. The van der Waals surface area contributed by atoms with Crippen molar-refractivity contribution in [1.29, 1.82) is 0 Å². The molecule has 0 spiro atoms. The van der Waals surface area contributed by atoms with Crippen molar-refractivity contribution in [2.45, 2.75) is 18.9 Å². The Morgan fingerprint density at radius 2 is 1.67 bits per heavy atom. The second-order valence-corrected chi connectivity index (χ2v) is 5.60. The summed E-state index contributed by atoms with van der Waals surface area (Å²) in [4.78, 5) is 0. The van der Waals surface area contributed by atoms with Gasteiger partial charge in [0.1, 0.15) is 0 Å². The molecular formula is C15H15Cl2N. The molecule has 18 heavy (non-hydrogen) atoms. The van der Waals surface area contributed by atoms with Crippen molar-refractivity contribution < 1.29 is 0 Å². The Morgan fingerprint density at radius 3 is 2.28 bits per heavy atom. The van der Waals surface area contributed by atoms with Gasteiger partial charge in [-0.2, -0.15) is 0 Å². The Morgan fingerprint density at radius 1 is 1.00 bits per heavy atom. The molecule has 2 aromatic carbocycles. The molecule has 2 rings (SSSR count). The predicted molar refractivity (Wildman–Crippen MR) is 78.1 cm³/mol. The maximum absolute atomic E-state index is 6.38. The normalized spacial score (nSPS) is 14.2. The molecule has 1 atom stereocenters. The third-order valence-corrected chi connectivity index (χ3v) is 3.45. The molecule has 0 aliphatic rings. The highest BCUT2D eigenvalue weighted by molar-refractivity contribution is 6.30. The van der Waals surface area contributed by atoms with Crippen molar-refractivity contribution in [3.8, 4) is 0 Å². The van der Waals surface area contributed by atoms with Crippen LogP contribution in [-0.2, 0) is 12.0 Å². The quantitative estimate of drug-likeness (QED) is 0.885. The molecule has 0 aromatic heterocycles. The summed E-state index contributed by atoms with van der Waals surface area (Å²) in [5.74, 6) is 0. The van der Waals surface area contributed by atoms with Crippen LogP contribution < -0.4 is 5.73 Å². The Kier molecular flexibility index (Phi) is 3.96. The SMILES string of the molecule is CC(N)(Cc1cccc(Cl)c1)c1ccc(Cl)cc1. The van der Waals surface area contributed by atoms with E-state index < -0.39 is 5.54 Å². The zero-order valence-corrected chi connectivity index (χ0v) is 11.7. The average Bonchev–Trinajstić information content (AvgIpc) is 2.29. The van der Waals surface area contributed by atoms with Gasteiger partial charge in [-0.15, -0.1) is 0 Å². The van der Waals surface area contributed by atoms with Gasteiger partial charge in [-0.25, -0.2) is 0 Å². The number of nitrogens with two attached hydrogens (primary N) is 1. The average molecular weight is 280 g/mol. The predicted octanol–water partition coefficient (Wildman–Crippen LogP) is 4.41. The van der Waals surface area contributed by atoms with Crippen LogP contribution in [0.25, 0.3) is 0 Å². The van der Waals surface area contributed by atoms with Crippen LogP contribution in [0, 0.1) is 0 Å². The molecule has 1 unspecified atom stereocenters. The lowest BCUT2D eigenvalue weighted by Crippen LogP contribution is -2.35. The van der Waals surface area contributed by atoms with Gasteiger partial charge in [0.25, 0.3) is 0 Å². The first-order valence-electron chi connectivity index (χ1n) is 5.77. The Balaban J connectivity index is 2.23. The van der Waals surface area contributed by atoms with E-state index in [1.54, 1.807) is 0 Å². The summed E-state index contributed by atoms with van der Waals surface area (Å²) in [6.45, 7) is 2.01. The van der Waals surface area contributed by atoms with Crippen molar-refractivity contribution >= 4 is 23.2 Å². The lowest BCUT2D eigenvalue weighted by Gasteiger charge is -2.25. The van der Waals surface area contributed by atoms with Crippen molar-refractivity contribution in [2.24, 2.45) is 5.73 Å². The van der Waals surface area contributed by atoms with Gasteiger partial charge < -0.3 is 5.73 Å². The Bertz CT molecular complexity index is 532. The van der Waals surface area contributed by atoms with Crippen molar-refractivity contribution in [1.82, 2.24) is 0 Å². The minimum absolute atomic E-state index is 0.435. The second-order valence-electron chi connectivity index (χ2n) is 4.73. The second kappa shape index (κ2) is 5.31. The van der Waals surface area contributed by atoms with Gasteiger partial charge in [-0.3, -0.25) is 0 Å². The van der Waals surface area contributed by atoms with Gasteiger partial charge in [-0.05, 0) is 48.7 Å². The molecule has 0 radical (unpaired) electrons. The fraction of sp³-hybridized carbons (Fsp3) is 0.200. The van der Waals surface area contributed by atoms with Crippen LogP contribution in [-0.4, -0.2) is 0 Å². The summed E-state index contributed by atoms with van der Waals surface area (Å²) >= 11 is 11.9. The highest BCUT2D eigenvalue weighted by Gasteiger charge is 2.21. The Labute approximate surface area is 118 Å². The zero-order valence-electron chi connectivity index (χ0n) is 10.2. The molecule has 0 amide bonds. The van der Waals surface area contributed by atoms with Crippen LogP contribution in [0.5, 0.6) is 0 Å². The van der Waals surface area contributed by atoms with Crippen molar-refractivity contribution in [2.75, 3.05) is 0 Å². The summed E-state index contributed by atoms with van der Waals surface area (Å²) in [6, 6.07) is 15.4. The molecule has 94 valence electrons. The van der Waals surface area contributed by atoms with Crippen LogP contribution in [0.4, 0.5) is 0 Å². The van der Waals surface area contributed by atoms with Gasteiger partial charge >= 0.3 is 0 Å². The van der Waals surface area contributed by atoms with E-state index in [9.17, 15) is 0 Å². The minimum Gasteiger partial charge on any atom is -0.321 e. The molecule has 0 aliphatic heterocycles. The van der Waals surface area contributed by atoms with Gasteiger partial charge in [0.2, 0.25) is 0 Å². The largest absolute Gasteiger partial charge is 0.321 e. The highest BCUT2D eigenvalue weighted by Crippen LogP contribution is 2.25. The maximum atomic E-state index is 6.38. The van der Waals surface area contributed by atoms with Crippen molar-refractivity contribution in [3.63, 3.8) is 0 Å². The lowest BCUT2D eigenvalue weighted by molar-refractivity contribution is 0.491. The van der Waals surface area contributed by atoms with Crippen LogP contribution in [0.3, 0.4) is 0 Å². The lowest BCUT2D eigenvalue weighted by atomic mass is 9.87. The number of halogens is 2. The van der Waals surface area contributed by atoms with Crippen LogP contribution >= 0.6 is 23.2 Å². The topological polar surface area (TPSA) is 26.0 Å². The smallest absolute Gasteiger partial charge is 0.0421 e. The fourth-order valence-corrected chi connectivity index (χ4v) is 2.34. The van der Waals surface area contributed by atoms with Crippen LogP contribution in [0.1, 0.15) is 18.1 Å². The molecule has 2 aromatic rings. The Hall–Kier alpha value is -1.02. The number of hydrogen-bond acceptors (Lipinski definition) is 1. The van der Waals surface area contributed by atoms with E-state index in [1.165, 1.54) is 0 Å². The molecule has 0 saturated heterocycles. The zero-order chi connectivity index (χ0) is 13.2. The number of benzene rings is 2. The minimum atomic E-state index is -0.435. The molecule has 0 fully saturated rings. The maximum Gasteiger partial charge on any atom is 0.0421 e. The first kappa shape index (κ1) is 13.4. The number of rotatable bonds is 3. The molecule has 0 saturated carbocycles. The monoisotopic (exact) mass is 279 g/mol. The van der Waals surface area contributed by atoms with Crippen LogP contribution in [0.2, 0.25) is 10.0 Å². The first-order chi connectivity index (χ1) is 8.47. The van der Waals surface area contributed by atoms with E-state index in [1.807, 2.05) is 55.5 Å². The molecule has 0 aliphatic carbocycles. The third kappa shape index (κ3) is 3.26. The molecule has 3 heteroatoms. The van der Waals surface area contributed by atoms with Gasteiger partial charge in [0.15, 0.2) is 0 Å². The summed E-state index contributed by atoms with van der Waals surface area (Å²) < 4.78 is 0. The fourth-order valence-electron chi connectivity index (χ4n) is 2.00. The standard InChI is InChI=1S/C15H15Cl2N/c1-15(18,12-5-7-13(16)8-6-12)10-11-3-2-4-14(17)9-11/h2-9H,10,18H2,1H3. The first-order valence-corrected chi connectivity index (χ1v) is 6.52. The summed E-state index contributed by atoms with van der Waals surface area (Å²) in [5.41, 5.74) is 8.14. The van der Waals surface area contributed by atoms with E-state index in [-0.39, 0.29) is 0 Å². The molecule has 0 heterocycles. The van der Waals surface area contributed by atoms with Crippen LogP contribution in [0.15, 0.2) is 48.5 Å². The van der Waals surface area contributed by atoms with Gasteiger partial charge in [-0.1, -0.05) is 47.5 Å². The third-order valence-electron chi connectivity index (χ3n) is 2.96.